The summed E-state index contributed by atoms with van der Waals surface area (Å²) in [5.41, 5.74) is 0.204. The molecule has 0 aliphatic carbocycles. The van der Waals surface area contributed by atoms with Gasteiger partial charge in [0.1, 0.15) is 11.5 Å². The van der Waals surface area contributed by atoms with Crippen LogP contribution in [0.15, 0.2) is 48.5 Å². The predicted octanol–water partition coefficient (Wildman–Crippen LogP) is 5.69. The summed E-state index contributed by atoms with van der Waals surface area (Å²) < 4.78 is 78.8. The monoisotopic (exact) mass is 334 g/mol. The maximum Gasteiger partial charge on any atom is 0.393 e. The molecule has 2 rings (SSSR count). The molecular weight excluding hydrogens is 322 g/mol. The summed E-state index contributed by atoms with van der Waals surface area (Å²) in [7, 11) is 0. The first kappa shape index (κ1) is 17.2. The summed E-state index contributed by atoms with van der Waals surface area (Å²) in [5.74, 6) is 0.610. The molecule has 0 aliphatic heterocycles. The van der Waals surface area contributed by atoms with Crippen LogP contribution in [0.25, 0.3) is 0 Å². The van der Waals surface area contributed by atoms with E-state index in [4.69, 9.17) is 4.74 Å². The van der Waals surface area contributed by atoms with Crippen LogP contribution in [0.2, 0.25) is 0 Å². The van der Waals surface area contributed by atoms with Gasteiger partial charge in [0, 0.05) is 0 Å². The zero-order valence-electron chi connectivity index (χ0n) is 11.7. The Morgan fingerprint density at radius 2 is 0.870 bits per heavy atom. The molecule has 0 saturated carbocycles. The maximum absolute atomic E-state index is 12.2. The molecule has 7 heteroatoms. The van der Waals surface area contributed by atoms with Gasteiger partial charge in [-0.05, 0) is 35.4 Å². The molecule has 0 atom stereocenters. The molecule has 0 heterocycles. The molecule has 0 saturated heterocycles. The van der Waals surface area contributed by atoms with Gasteiger partial charge in [-0.2, -0.15) is 26.3 Å². The molecule has 0 aliphatic rings. The van der Waals surface area contributed by atoms with E-state index in [0.717, 1.165) is 0 Å². The molecular formula is C16H12F6O. The largest absolute Gasteiger partial charge is 0.457 e. The molecule has 1 nitrogen and oxygen atoms in total. The van der Waals surface area contributed by atoms with Crippen LogP contribution in [0.3, 0.4) is 0 Å². The molecule has 0 fully saturated rings. The Bertz CT molecular complexity index is 568. The van der Waals surface area contributed by atoms with Crippen molar-refractivity contribution >= 4 is 0 Å². The van der Waals surface area contributed by atoms with Gasteiger partial charge in [0.15, 0.2) is 0 Å². The second-order valence-electron chi connectivity index (χ2n) is 4.97. The zero-order valence-corrected chi connectivity index (χ0v) is 11.7. The molecule has 2 aromatic carbocycles. The molecule has 2 aromatic rings. The summed E-state index contributed by atoms with van der Waals surface area (Å²) >= 11 is 0. The van der Waals surface area contributed by atoms with Gasteiger partial charge in [-0.3, -0.25) is 0 Å². The molecule has 0 unspecified atom stereocenters. The van der Waals surface area contributed by atoms with Crippen molar-refractivity contribution in [2.45, 2.75) is 25.2 Å². The van der Waals surface area contributed by atoms with Crippen molar-refractivity contribution in [3.8, 4) is 11.5 Å². The summed E-state index contributed by atoms with van der Waals surface area (Å²) in [4.78, 5) is 0. The van der Waals surface area contributed by atoms with Crippen LogP contribution in [-0.4, -0.2) is 12.4 Å². The van der Waals surface area contributed by atoms with Crippen molar-refractivity contribution in [2.75, 3.05) is 0 Å². The van der Waals surface area contributed by atoms with Crippen molar-refractivity contribution in [1.82, 2.24) is 0 Å². The van der Waals surface area contributed by atoms with Crippen molar-refractivity contribution in [3.05, 3.63) is 59.7 Å². The minimum absolute atomic E-state index is 0.102. The van der Waals surface area contributed by atoms with Crippen molar-refractivity contribution < 1.29 is 31.1 Å². The number of rotatable bonds is 4. The van der Waals surface area contributed by atoms with Crippen LogP contribution in [-0.2, 0) is 12.8 Å². The lowest BCUT2D eigenvalue weighted by Crippen LogP contribution is -2.11. The van der Waals surface area contributed by atoms with Crippen molar-refractivity contribution in [2.24, 2.45) is 0 Å². The van der Waals surface area contributed by atoms with E-state index in [0.29, 0.717) is 11.5 Å². The van der Waals surface area contributed by atoms with Gasteiger partial charge in [0.05, 0.1) is 12.8 Å². The standard InChI is InChI=1S/C16H12F6O/c17-15(18,19)9-11-1-5-13(6-2-11)23-14-7-3-12(4-8-14)10-16(20,21)22/h1-8H,9-10H2. The summed E-state index contributed by atoms with van der Waals surface area (Å²) in [6.07, 6.45) is -10.6. The Hall–Kier alpha value is -2.18. The fourth-order valence-electron chi connectivity index (χ4n) is 1.95. The smallest absolute Gasteiger partial charge is 0.393 e. The van der Waals surface area contributed by atoms with Gasteiger partial charge < -0.3 is 4.74 Å². The second-order valence-corrected chi connectivity index (χ2v) is 4.97. The Kier molecular flexibility index (Phi) is 4.87. The lowest BCUT2D eigenvalue weighted by Gasteiger charge is -2.10. The third-order valence-electron chi connectivity index (χ3n) is 2.89. The minimum atomic E-state index is -4.28. The SMILES string of the molecule is FC(F)(F)Cc1ccc(Oc2ccc(CC(F)(F)F)cc2)cc1. The van der Waals surface area contributed by atoms with Crippen LogP contribution in [0.4, 0.5) is 26.3 Å². The molecule has 0 aromatic heterocycles. The van der Waals surface area contributed by atoms with Crippen LogP contribution < -0.4 is 4.74 Å². The van der Waals surface area contributed by atoms with Crippen molar-refractivity contribution in [1.29, 1.82) is 0 Å². The summed E-state index contributed by atoms with van der Waals surface area (Å²) in [6.45, 7) is 0. The van der Waals surface area contributed by atoms with Crippen LogP contribution >= 0.6 is 0 Å². The highest BCUT2D eigenvalue weighted by Crippen LogP contribution is 2.27. The maximum atomic E-state index is 12.2. The normalized spacial score (nSPS) is 12.3. The van der Waals surface area contributed by atoms with Crippen LogP contribution in [0, 0.1) is 0 Å². The highest BCUT2D eigenvalue weighted by atomic mass is 19.4. The van der Waals surface area contributed by atoms with E-state index in [-0.39, 0.29) is 11.1 Å². The highest BCUT2D eigenvalue weighted by Gasteiger charge is 2.28. The molecule has 0 amide bonds. The number of hydrogen-bond donors (Lipinski definition) is 0. The fraction of sp³-hybridized carbons (Fsp3) is 0.250. The number of hydrogen-bond acceptors (Lipinski definition) is 1. The van der Waals surface area contributed by atoms with Gasteiger partial charge in [0.25, 0.3) is 0 Å². The molecule has 23 heavy (non-hydrogen) atoms. The first-order valence-corrected chi connectivity index (χ1v) is 6.60. The Labute approximate surface area is 128 Å². The molecule has 124 valence electrons. The zero-order chi connectivity index (χ0) is 17.1. The van der Waals surface area contributed by atoms with E-state index >= 15 is 0 Å². The van der Waals surface area contributed by atoms with Crippen LogP contribution in [0.1, 0.15) is 11.1 Å². The van der Waals surface area contributed by atoms with Gasteiger partial charge in [-0.25, -0.2) is 0 Å². The van der Waals surface area contributed by atoms with Gasteiger partial charge >= 0.3 is 12.4 Å². The quantitative estimate of drug-likeness (QED) is 0.653. The van der Waals surface area contributed by atoms with E-state index in [1.165, 1.54) is 48.5 Å². The first-order chi connectivity index (χ1) is 10.6. The number of benzene rings is 2. The van der Waals surface area contributed by atoms with Crippen LogP contribution in [0.5, 0.6) is 11.5 Å². The van der Waals surface area contributed by atoms with E-state index in [1.807, 2.05) is 0 Å². The molecule has 0 spiro atoms. The molecule has 0 radical (unpaired) electrons. The first-order valence-electron chi connectivity index (χ1n) is 6.60. The third kappa shape index (κ3) is 6.22. The van der Waals surface area contributed by atoms with Gasteiger partial charge in [-0.15, -0.1) is 0 Å². The topological polar surface area (TPSA) is 9.23 Å². The van der Waals surface area contributed by atoms with E-state index in [2.05, 4.69) is 0 Å². The average Bonchev–Trinajstić information content (AvgIpc) is 2.40. The minimum Gasteiger partial charge on any atom is -0.457 e. The predicted molar refractivity (Wildman–Crippen MR) is 72.5 cm³/mol. The fourth-order valence-corrected chi connectivity index (χ4v) is 1.95. The van der Waals surface area contributed by atoms with E-state index in [1.54, 1.807) is 0 Å². The second kappa shape index (κ2) is 6.52. The highest BCUT2D eigenvalue weighted by molar-refractivity contribution is 5.35. The number of ether oxygens (including phenoxy) is 1. The van der Waals surface area contributed by atoms with E-state index in [9.17, 15) is 26.3 Å². The Morgan fingerprint density at radius 1 is 0.565 bits per heavy atom. The number of halogens is 6. The molecule has 0 N–H and O–H groups in total. The molecule has 0 bridgehead atoms. The van der Waals surface area contributed by atoms with Gasteiger partial charge in [0.2, 0.25) is 0 Å². The Balaban J connectivity index is 1.99. The number of alkyl halides is 6. The lowest BCUT2D eigenvalue weighted by atomic mass is 10.1. The average molecular weight is 334 g/mol. The summed E-state index contributed by atoms with van der Waals surface area (Å²) in [6, 6.07) is 10.7. The van der Waals surface area contributed by atoms with Crippen molar-refractivity contribution in [3.63, 3.8) is 0 Å². The van der Waals surface area contributed by atoms with E-state index < -0.39 is 25.2 Å². The third-order valence-corrected chi connectivity index (χ3v) is 2.89. The van der Waals surface area contributed by atoms with Gasteiger partial charge in [-0.1, -0.05) is 24.3 Å². The summed E-state index contributed by atoms with van der Waals surface area (Å²) in [5, 5.41) is 0. The Morgan fingerprint density at radius 3 is 1.13 bits per heavy atom. The lowest BCUT2D eigenvalue weighted by molar-refractivity contribution is -0.128.